The maximum absolute atomic E-state index is 13.3. The molecule has 1 saturated heterocycles. The molecule has 42 heavy (non-hydrogen) atoms. The van der Waals surface area contributed by atoms with E-state index in [0.717, 1.165) is 25.9 Å². The van der Waals surface area contributed by atoms with E-state index in [1.807, 2.05) is 7.05 Å². The lowest BCUT2D eigenvalue weighted by molar-refractivity contribution is -0.153. The molecule has 0 aromatic heterocycles. The molecule has 1 aliphatic heterocycles. The Hall–Kier alpha value is -3.06. The first-order valence-corrected chi connectivity index (χ1v) is 14.0. The Bertz CT molecular complexity index is 1160. The minimum absolute atomic E-state index is 0.0189. The summed E-state index contributed by atoms with van der Waals surface area (Å²) in [6, 6.07) is 10.9. The molecule has 3 N–H and O–H groups in total. The van der Waals surface area contributed by atoms with Gasteiger partial charge in [0.2, 0.25) is 0 Å². The van der Waals surface area contributed by atoms with Gasteiger partial charge in [-0.25, -0.2) is 4.79 Å². The Labute approximate surface area is 248 Å². The number of benzene rings is 2. The Morgan fingerprint density at radius 3 is 2.62 bits per heavy atom. The van der Waals surface area contributed by atoms with Crippen LogP contribution in [0.3, 0.4) is 0 Å². The fourth-order valence-corrected chi connectivity index (χ4v) is 4.83. The van der Waals surface area contributed by atoms with E-state index in [-0.39, 0.29) is 30.5 Å². The van der Waals surface area contributed by atoms with Crippen molar-refractivity contribution in [3.05, 3.63) is 64.2 Å². The topological polar surface area (TPSA) is 107 Å². The molecule has 2 aromatic carbocycles. The molecule has 0 radical (unpaired) electrons. The number of ether oxygens (including phenoxy) is 4. The van der Waals surface area contributed by atoms with E-state index in [9.17, 15) is 22.8 Å². The summed E-state index contributed by atoms with van der Waals surface area (Å²) in [5.74, 6) is -0.253. The minimum atomic E-state index is -4.58. The first-order valence-electron chi connectivity index (χ1n) is 13.6. The predicted octanol–water partition coefficient (Wildman–Crippen LogP) is 4.88. The van der Waals surface area contributed by atoms with E-state index >= 15 is 0 Å². The first kappa shape index (κ1) is 33.4. The van der Waals surface area contributed by atoms with Gasteiger partial charge in [0.15, 0.2) is 6.61 Å². The molecule has 0 saturated carbocycles. The van der Waals surface area contributed by atoms with Gasteiger partial charge in [-0.1, -0.05) is 23.7 Å². The standard InChI is InChI=1S/C29H37ClF3N3O6/c1-34-24(11-19-5-4-9-40-17-19)16-36-27(37)22-12-21(14-25(15-22)42-18-29(31,32)33)26(20-6-3-7-23(30)13-20)41-10-8-35-28(38)39-2/h3,6-7,12-15,19,24,26,34H,4-5,8-11,16-18H2,1-2H3,(H,35,38)(H,36,37). The zero-order chi connectivity index (χ0) is 30.5. The number of halogens is 4. The van der Waals surface area contributed by atoms with Crippen molar-refractivity contribution in [3.63, 3.8) is 0 Å². The number of hydrogen-bond donors (Lipinski definition) is 3. The van der Waals surface area contributed by atoms with Crippen LogP contribution in [0.15, 0.2) is 42.5 Å². The van der Waals surface area contributed by atoms with Crippen LogP contribution in [-0.4, -0.2) is 77.9 Å². The third-order valence-corrected chi connectivity index (χ3v) is 6.91. The normalized spacial score (nSPS) is 16.8. The molecule has 0 bridgehead atoms. The van der Waals surface area contributed by atoms with Crippen molar-refractivity contribution >= 4 is 23.6 Å². The number of alkyl halides is 3. The first-order chi connectivity index (χ1) is 20.1. The van der Waals surface area contributed by atoms with Crippen molar-refractivity contribution in [1.29, 1.82) is 0 Å². The van der Waals surface area contributed by atoms with Gasteiger partial charge in [0.05, 0.1) is 13.7 Å². The average Bonchev–Trinajstić information content (AvgIpc) is 2.97. The van der Waals surface area contributed by atoms with Gasteiger partial charge in [-0.05, 0) is 73.7 Å². The fraction of sp³-hybridized carbons (Fsp3) is 0.517. The number of hydrogen-bond acceptors (Lipinski definition) is 7. The molecule has 1 heterocycles. The van der Waals surface area contributed by atoms with E-state index in [4.69, 9.17) is 25.8 Å². The maximum atomic E-state index is 13.3. The Morgan fingerprint density at radius 1 is 1.14 bits per heavy atom. The lowest BCUT2D eigenvalue weighted by atomic mass is 9.94. The van der Waals surface area contributed by atoms with Crippen LogP contribution in [0.4, 0.5) is 18.0 Å². The highest BCUT2D eigenvalue weighted by Gasteiger charge is 2.29. The monoisotopic (exact) mass is 615 g/mol. The molecule has 1 fully saturated rings. The number of amides is 2. The molecule has 232 valence electrons. The lowest BCUT2D eigenvalue weighted by Crippen LogP contribution is -2.41. The van der Waals surface area contributed by atoms with Crippen LogP contribution in [0.2, 0.25) is 5.02 Å². The molecular weight excluding hydrogens is 579 g/mol. The highest BCUT2D eigenvalue weighted by atomic mass is 35.5. The largest absolute Gasteiger partial charge is 0.484 e. The number of carbonyl (C=O) groups is 2. The summed E-state index contributed by atoms with van der Waals surface area (Å²) in [5, 5.41) is 9.01. The summed E-state index contributed by atoms with van der Waals surface area (Å²) >= 11 is 6.21. The molecule has 13 heteroatoms. The zero-order valence-corrected chi connectivity index (χ0v) is 24.4. The van der Waals surface area contributed by atoms with Crippen molar-refractivity contribution in [2.75, 3.05) is 53.7 Å². The second-order valence-corrected chi connectivity index (χ2v) is 10.4. The third kappa shape index (κ3) is 11.3. The van der Waals surface area contributed by atoms with Crippen LogP contribution < -0.4 is 20.7 Å². The van der Waals surface area contributed by atoms with Gasteiger partial charge in [0, 0.05) is 42.9 Å². The van der Waals surface area contributed by atoms with Gasteiger partial charge in [-0.2, -0.15) is 13.2 Å². The van der Waals surface area contributed by atoms with Crippen molar-refractivity contribution < 1.29 is 41.7 Å². The number of carbonyl (C=O) groups excluding carboxylic acids is 2. The molecule has 0 aliphatic carbocycles. The van der Waals surface area contributed by atoms with Gasteiger partial charge in [0.25, 0.3) is 5.91 Å². The lowest BCUT2D eigenvalue weighted by Gasteiger charge is -2.26. The van der Waals surface area contributed by atoms with Crippen molar-refractivity contribution in [1.82, 2.24) is 16.0 Å². The predicted molar refractivity (Wildman–Crippen MR) is 151 cm³/mol. The van der Waals surface area contributed by atoms with Gasteiger partial charge in [-0.15, -0.1) is 0 Å². The molecule has 2 aromatic rings. The second-order valence-electron chi connectivity index (χ2n) is 9.93. The molecule has 3 atom stereocenters. The summed E-state index contributed by atoms with van der Waals surface area (Å²) in [6.45, 7) is 0.327. The van der Waals surface area contributed by atoms with Gasteiger partial charge >= 0.3 is 12.3 Å². The van der Waals surface area contributed by atoms with E-state index in [1.54, 1.807) is 30.3 Å². The molecule has 0 spiro atoms. The van der Waals surface area contributed by atoms with Crippen molar-refractivity contribution in [3.8, 4) is 5.75 Å². The maximum Gasteiger partial charge on any atom is 0.422 e. The molecule has 1 aliphatic rings. The van der Waals surface area contributed by atoms with Crippen LogP contribution in [0.5, 0.6) is 5.75 Å². The highest BCUT2D eigenvalue weighted by molar-refractivity contribution is 6.30. The number of nitrogens with one attached hydrogen (secondary N) is 3. The van der Waals surface area contributed by atoms with E-state index in [1.165, 1.54) is 19.2 Å². The number of rotatable bonds is 14. The number of methoxy groups -OCH3 is 1. The summed E-state index contributed by atoms with van der Waals surface area (Å²) in [7, 11) is 3.04. The summed E-state index contributed by atoms with van der Waals surface area (Å²) in [6.07, 6.45) is -3.22. The molecule has 2 amide bonds. The van der Waals surface area contributed by atoms with Gasteiger partial charge < -0.3 is 34.9 Å². The Kier molecular flexibility index (Phi) is 13.2. The summed E-state index contributed by atoms with van der Waals surface area (Å²) in [4.78, 5) is 24.7. The summed E-state index contributed by atoms with van der Waals surface area (Å²) < 4.78 is 60.2. The van der Waals surface area contributed by atoms with Crippen molar-refractivity contribution in [2.45, 2.75) is 37.6 Å². The Morgan fingerprint density at radius 2 is 1.95 bits per heavy atom. The van der Waals surface area contributed by atoms with Crippen LogP contribution in [0, 0.1) is 5.92 Å². The molecule has 3 unspecified atom stereocenters. The smallest absolute Gasteiger partial charge is 0.422 e. The van der Waals surface area contributed by atoms with E-state index in [0.29, 0.717) is 35.2 Å². The average molecular weight is 616 g/mol. The number of likely N-dealkylation sites (N-methyl/N-ethyl adjacent to an activating group) is 1. The van der Waals surface area contributed by atoms with Crippen molar-refractivity contribution in [2.24, 2.45) is 5.92 Å². The molecule has 3 rings (SSSR count). The SMILES string of the molecule is CNC(CNC(=O)c1cc(OCC(F)(F)F)cc(C(OCCNC(=O)OC)c2cccc(Cl)c2)c1)CC1CCCOC1. The van der Waals surface area contributed by atoms with E-state index in [2.05, 4.69) is 20.7 Å². The number of alkyl carbamates (subject to hydrolysis) is 1. The highest BCUT2D eigenvalue weighted by Crippen LogP contribution is 2.32. The molecular formula is C29H37ClF3N3O6. The quantitative estimate of drug-likeness (QED) is 0.260. The summed E-state index contributed by atoms with van der Waals surface area (Å²) in [5.41, 5.74) is 1.05. The van der Waals surface area contributed by atoms with E-state index < -0.39 is 30.9 Å². The van der Waals surface area contributed by atoms with Gasteiger partial charge in [-0.3, -0.25) is 4.79 Å². The molecule has 9 nitrogen and oxygen atoms in total. The van der Waals surface area contributed by atoms with Gasteiger partial charge in [0.1, 0.15) is 11.9 Å². The second kappa shape index (κ2) is 16.5. The minimum Gasteiger partial charge on any atom is -0.484 e. The van der Waals surface area contributed by atoms with Crippen LogP contribution >= 0.6 is 11.6 Å². The van der Waals surface area contributed by atoms with Crippen LogP contribution in [0.25, 0.3) is 0 Å². The Balaban J connectivity index is 1.85. The third-order valence-electron chi connectivity index (χ3n) is 6.68. The van der Waals surface area contributed by atoms with Crippen LogP contribution in [-0.2, 0) is 14.2 Å². The fourth-order valence-electron chi connectivity index (χ4n) is 4.63. The van der Waals surface area contributed by atoms with Crippen LogP contribution in [0.1, 0.15) is 46.9 Å². The zero-order valence-electron chi connectivity index (χ0n) is 23.6.